The molecule has 1 aromatic heterocycles. The molecule has 0 bridgehead atoms. The van der Waals surface area contributed by atoms with Crippen LogP contribution in [0.4, 0.5) is 0 Å². The highest BCUT2D eigenvalue weighted by Crippen LogP contribution is 2.29. The number of benzene rings is 2. The maximum absolute atomic E-state index is 8.97. The van der Waals surface area contributed by atoms with E-state index in [1.54, 1.807) is 13.2 Å². The van der Waals surface area contributed by atoms with Gasteiger partial charge in [-0.2, -0.15) is 5.26 Å². The molecule has 3 rings (SSSR count). The van der Waals surface area contributed by atoms with Crippen LogP contribution in [0, 0.1) is 18.3 Å². The van der Waals surface area contributed by atoms with Crippen LogP contribution in [0.2, 0.25) is 0 Å². The van der Waals surface area contributed by atoms with Gasteiger partial charge in [0.2, 0.25) is 0 Å². The lowest BCUT2D eigenvalue weighted by atomic mass is 10.1. The summed E-state index contributed by atoms with van der Waals surface area (Å²) in [5, 5.41) is 9.88. The van der Waals surface area contributed by atoms with Crippen molar-refractivity contribution in [2.24, 2.45) is 0 Å². The number of pyridine rings is 1. The average molecular weight is 304 g/mol. The Balaban J connectivity index is 1.93. The fourth-order valence-corrected chi connectivity index (χ4v) is 2.44. The molecule has 0 aliphatic carbocycles. The first-order valence-electron chi connectivity index (χ1n) is 7.27. The third-order valence-electron chi connectivity index (χ3n) is 3.56. The Morgan fingerprint density at radius 3 is 2.78 bits per heavy atom. The molecule has 0 spiro atoms. The molecule has 0 fully saturated rings. The molecule has 23 heavy (non-hydrogen) atoms. The number of methoxy groups -OCH3 is 1. The van der Waals surface area contributed by atoms with Crippen molar-refractivity contribution in [3.05, 3.63) is 65.4 Å². The Bertz CT molecular complexity index is 898. The summed E-state index contributed by atoms with van der Waals surface area (Å²) in [6.45, 7) is 2.33. The van der Waals surface area contributed by atoms with Crippen molar-refractivity contribution >= 4 is 10.9 Å². The van der Waals surface area contributed by atoms with Gasteiger partial charge in [-0.25, -0.2) is 0 Å². The van der Waals surface area contributed by atoms with Crippen LogP contribution < -0.4 is 9.47 Å². The maximum atomic E-state index is 8.97. The van der Waals surface area contributed by atoms with E-state index in [-0.39, 0.29) is 0 Å². The van der Waals surface area contributed by atoms with Crippen LogP contribution in [-0.4, -0.2) is 12.1 Å². The van der Waals surface area contributed by atoms with Gasteiger partial charge in [0.1, 0.15) is 18.1 Å². The molecule has 0 aliphatic heterocycles. The number of aryl methyl sites for hydroxylation is 1. The second-order valence-corrected chi connectivity index (χ2v) is 5.25. The van der Waals surface area contributed by atoms with Gasteiger partial charge in [0, 0.05) is 17.1 Å². The molecule has 0 saturated carbocycles. The van der Waals surface area contributed by atoms with Gasteiger partial charge >= 0.3 is 0 Å². The van der Waals surface area contributed by atoms with Gasteiger partial charge < -0.3 is 9.47 Å². The third-order valence-corrected chi connectivity index (χ3v) is 3.56. The van der Waals surface area contributed by atoms with Crippen LogP contribution in [0.3, 0.4) is 0 Å². The summed E-state index contributed by atoms with van der Waals surface area (Å²) < 4.78 is 11.3. The van der Waals surface area contributed by atoms with Crippen molar-refractivity contribution in [2.45, 2.75) is 13.5 Å². The summed E-state index contributed by atoms with van der Waals surface area (Å²) in [5.74, 6) is 1.52. The predicted octanol–water partition coefficient (Wildman–Crippen LogP) is 4.00. The second kappa shape index (κ2) is 6.37. The first-order chi connectivity index (χ1) is 11.2. The molecule has 114 valence electrons. The molecule has 2 aromatic carbocycles. The first-order valence-corrected chi connectivity index (χ1v) is 7.27. The predicted molar refractivity (Wildman–Crippen MR) is 88.5 cm³/mol. The Kier molecular flexibility index (Phi) is 4.11. The van der Waals surface area contributed by atoms with Gasteiger partial charge in [0.25, 0.3) is 0 Å². The molecule has 0 aliphatic rings. The Morgan fingerprint density at radius 2 is 2.00 bits per heavy atom. The number of hydrogen-bond donors (Lipinski definition) is 0. The Morgan fingerprint density at radius 1 is 1.13 bits per heavy atom. The fraction of sp³-hybridized carbons (Fsp3) is 0.158. The molecule has 0 N–H and O–H groups in total. The van der Waals surface area contributed by atoms with Crippen LogP contribution in [-0.2, 0) is 6.61 Å². The van der Waals surface area contributed by atoms with E-state index in [0.29, 0.717) is 12.2 Å². The second-order valence-electron chi connectivity index (χ2n) is 5.25. The number of nitrogens with zero attached hydrogens (tertiary/aromatic N) is 2. The van der Waals surface area contributed by atoms with E-state index < -0.39 is 0 Å². The summed E-state index contributed by atoms with van der Waals surface area (Å²) in [4.78, 5) is 4.52. The zero-order chi connectivity index (χ0) is 16.2. The van der Waals surface area contributed by atoms with Crippen molar-refractivity contribution in [2.75, 3.05) is 7.11 Å². The standard InChI is InChI=1S/C19H16N2O2/c1-13-8-19(17-10-16(22-2)6-7-18(17)21-13)23-12-15-5-3-4-14(9-15)11-20/h3-10H,12H2,1-2H3. The van der Waals surface area contributed by atoms with Crippen molar-refractivity contribution in [3.8, 4) is 17.6 Å². The Hall–Kier alpha value is -3.06. The smallest absolute Gasteiger partial charge is 0.131 e. The van der Waals surface area contributed by atoms with Gasteiger partial charge in [-0.05, 0) is 42.8 Å². The lowest BCUT2D eigenvalue weighted by Gasteiger charge is -2.11. The van der Waals surface area contributed by atoms with E-state index in [0.717, 1.165) is 33.7 Å². The minimum Gasteiger partial charge on any atom is -0.497 e. The summed E-state index contributed by atoms with van der Waals surface area (Å²) in [6, 6.07) is 17.2. The fourth-order valence-electron chi connectivity index (χ4n) is 2.44. The molecule has 0 saturated heterocycles. The van der Waals surface area contributed by atoms with E-state index in [9.17, 15) is 0 Å². The summed E-state index contributed by atoms with van der Waals surface area (Å²) >= 11 is 0. The molecule has 3 aromatic rings. The number of fused-ring (bicyclic) bond motifs is 1. The third kappa shape index (κ3) is 3.24. The Labute approximate surface area is 134 Å². The molecule has 1 heterocycles. The molecular weight excluding hydrogens is 288 g/mol. The molecule has 4 heteroatoms. The minimum atomic E-state index is 0.394. The van der Waals surface area contributed by atoms with Crippen LogP contribution >= 0.6 is 0 Å². The molecule has 0 atom stereocenters. The topological polar surface area (TPSA) is 55.1 Å². The van der Waals surface area contributed by atoms with E-state index >= 15 is 0 Å². The van der Waals surface area contributed by atoms with Gasteiger partial charge in [-0.3, -0.25) is 4.98 Å². The summed E-state index contributed by atoms with van der Waals surface area (Å²) in [6.07, 6.45) is 0. The van der Waals surface area contributed by atoms with Crippen LogP contribution in [0.1, 0.15) is 16.8 Å². The lowest BCUT2D eigenvalue weighted by molar-refractivity contribution is 0.309. The number of aromatic nitrogens is 1. The number of nitriles is 1. The van der Waals surface area contributed by atoms with Crippen molar-refractivity contribution in [3.63, 3.8) is 0 Å². The SMILES string of the molecule is COc1ccc2nc(C)cc(OCc3cccc(C#N)c3)c2c1. The van der Waals surface area contributed by atoms with Crippen LogP contribution in [0.25, 0.3) is 10.9 Å². The van der Waals surface area contributed by atoms with Gasteiger partial charge in [-0.15, -0.1) is 0 Å². The van der Waals surface area contributed by atoms with Crippen LogP contribution in [0.15, 0.2) is 48.5 Å². The van der Waals surface area contributed by atoms with Crippen molar-refractivity contribution < 1.29 is 9.47 Å². The monoisotopic (exact) mass is 304 g/mol. The average Bonchev–Trinajstić information content (AvgIpc) is 2.59. The van der Waals surface area contributed by atoms with Crippen LogP contribution in [0.5, 0.6) is 11.5 Å². The van der Waals surface area contributed by atoms with Gasteiger partial charge in [-0.1, -0.05) is 12.1 Å². The molecule has 0 radical (unpaired) electrons. The molecular formula is C19H16N2O2. The number of hydrogen-bond acceptors (Lipinski definition) is 4. The van der Waals surface area contributed by atoms with Crippen molar-refractivity contribution in [1.29, 1.82) is 5.26 Å². The van der Waals surface area contributed by atoms with Gasteiger partial charge in [0.15, 0.2) is 0 Å². The van der Waals surface area contributed by atoms with E-state index in [1.165, 1.54) is 0 Å². The van der Waals surface area contributed by atoms with E-state index in [1.807, 2.05) is 49.4 Å². The maximum Gasteiger partial charge on any atom is 0.131 e. The van der Waals surface area contributed by atoms with Crippen molar-refractivity contribution in [1.82, 2.24) is 4.98 Å². The summed E-state index contributed by atoms with van der Waals surface area (Å²) in [5.41, 5.74) is 3.34. The highest BCUT2D eigenvalue weighted by Gasteiger charge is 2.07. The number of rotatable bonds is 4. The highest BCUT2D eigenvalue weighted by atomic mass is 16.5. The highest BCUT2D eigenvalue weighted by molar-refractivity contribution is 5.86. The number of ether oxygens (including phenoxy) is 2. The summed E-state index contributed by atoms with van der Waals surface area (Å²) in [7, 11) is 1.64. The quantitative estimate of drug-likeness (QED) is 0.731. The zero-order valence-electron chi connectivity index (χ0n) is 13.0. The lowest BCUT2D eigenvalue weighted by Crippen LogP contribution is -1.98. The first kappa shape index (κ1) is 14.9. The molecule has 4 nitrogen and oxygen atoms in total. The van der Waals surface area contributed by atoms with E-state index in [4.69, 9.17) is 14.7 Å². The van der Waals surface area contributed by atoms with E-state index in [2.05, 4.69) is 11.1 Å². The largest absolute Gasteiger partial charge is 0.497 e. The molecule has 0 amide bonds. The normalized spacial score (nSPS) is 10.3. The molecule has 0 unspecified atom stereocenters. The minimum absolute atomic E-state index is 0.394. The zero-order valence-corrected chi connectivity index (χ0v) is 13.0. The van der Waals surface area contributed by atoms with Gasteiger partial charge in [0.05, 0.1) is 24.3 Å².